The average molecular weight is 839 g/mol. The minimum atomic E-state index is 0.617. The highest BCUT2D eigenvalue weighted by molar-refractivity contribution is 7.26. The Bertz CT molecular complexity index is 3670. The van der Waals surface area contributed by atoms with Crippen LogP contribution in [0.25, 0.3) is 124 Å². The highest BCUT2D eigenvalue weighted by Crippen LogP contribution is 2.44. The van der Waals surface area contributed by atoms with Gasteiger partial charge in [-0.05, 0) is 59.7 Å². The Kier molecular flexibility index (Phi) is 8.22. The Morgan fingerprint density at radius 1 is 0.286 bits per heavy atom. The molecular formula is C57H34N4S2. The van der Waals surface area contributed by atoms with E-state index in [2.05, 4.69) is 211 Å². The van der Waals surface area contributed by atoms with Gasteiger partial charge in [-0.15, -0.1) is 22.7 Å². The summed E-state index contributed by atoms with van der Waals surface area (Å²) in [4.78, 5) is 16.1. The normalized spacial score (nSPS) is 11.8. The van der Waals surface area contributed by atoms with E-state index < -0.39 is 0 Å². The molecule has 294 valence electrons. The summed E-state index contributed by atoms with van der Waals surface area (Å²) < 4.78 is 7.39. The first kappa shape index (κ1) is 35.9. The number of fused-ring (bicyclic) bond motifs is 9. The van der Waals surface area contributed by atoms with Crippen molar-refractivity contribution in [2.45, 2.75) is 0 Å². The van der Waals surface area contributed by atoms with Crippen molar-refractivity contribution in [1.29, 1.82) is 0 Å². The standard InChI is InChI=1S/C57H34N4S2/c1-3-15-35(16-4-1)46-31-39(32-47(36-17-5-2-6-18-36)54(46)61-48-23-11-7-19-40(48)41-20-8-12-24-49(41)61)57-59-55(37-27-29-44-42-21-9-13-25-50(42)62-52(44)33-37)58-56(60-57)38-28-30-45-43-22-10-14-26-51(43)63-53(45)34-38/h1-34H. The van der Waals surface area contributed by atoms with Gasteiger partial charge in [0.2, 0.25) is 0 Å². The van der Waals surface area contributed by atoms with Crippen molar-refractivity contribution in [3.63, 3.8) is 0 Å². The maximum atomic E-state index is 5.40. The molecule has 0 saturated heterocycles. The average Bonchev–Trinajstić information content (AvgIpc) is 4.03. The van der Waals surface area contributed by atoms with Crippen LogP contribution in [0.2, 0.25) is 0 Å². The Morgan fingerprint density at radius 3 is 1.14 bits per heavy atom. The number of thiophene rings is 2. The number of hydrogen-bond donors (Lipinski definition) is 0. The van der Waals surface area contributed by atoms with Gasteiger partial charge in [-0.1, -0.05) is 158 Å². The van der Waals surface area contributed by atoms with E-state index in [0.29, 0.717) is 17.5 Å². The van der Waals surface area contributed by atoms with E-state index >= 15 is 0 Å². The topological polar surface area (TPSA) is 43.6 Å². The second-order valence-electron chi connectivity index (χ2n) is 15.9. The van der Waals surface area contributed by atoms with Crippen molar-refractivity contribution in [2.75, 3.05) is 0 Å². The van der Waals surface area contributed by atoms with Gasteiger partial charge in [0, 0.05) is 78.9 Å². The molecule has 0 aliphatic carbocycles. The maximum absolute atomic E-state index is 5.40. The van der Waals surface area contributed by atoms with Crippen LogP contribution in [0.4, 0.5) is 0 Å². The van der Waals surface area contributed by atoms with Crippen LogP contribution in [0.3, 0.4) is 0 Å². The molecule has 0 N–H and O–H groups in total. The molecule has 0 unspecified atom stereocenters. The monoisotopic (exact) mass is 838 g/mol. The summed E-state index contributed by atoms with van der Waals surface area (Å²) in [6.45, 7) is 0. The van der Waals surface area contributed by atoms with E-state index in [1.807, 2.05) is 0 Å². The van der Waals surface area contributed by atoms with Crippen LogP contribution in [0.5, 0.6) is 0 Å². The van der Waals surface area contributed by atoms with Gasteiger partial charge in [-0.25, -0.2) is 15.0 Å². The van der Waals surface area contributed by atoms with Crippen LogP contribution in [0, 0.1) is 0 Å². The van der Waals surface area contributed by atoms with E-state index in [0.717, 1.165) is 55.7 Å². The smallest absolute Gasteiger partial charge is 0.164 e. The van der Waals surface area contributed by atoms with Crippen LogP contribution < -0.4 is 0 Å². The van der Waals surface area contributed by atoms with Gasteiger partial charge in [-0.3, -0.25) is 0 Å². The third kappa shape index (κ3) is 5.91. The quantitative estimate of drug-likeness (QED) is 0.168. The third-order valence-electron chi connectivity index (χ3n) is 12.3. The SMILES string of the molecule is c1ccc(-c2cc(-c3nc(-c4ccc5c(c4)sc4ccccc45)nc(-c4ccc5c(c4)sc4ccccc45)n3)cc(-c3ccccc3)c2-n2c3ccccc3c3ccccc32)cc1. The van der Waals surface area contributed by atoms with Crippen molar-refractivity contribution < 1.29 is 0 Å². The Labute approximate surface area is 370 Å². The molecule has 4 heterocycles. The molecular weight excluding hydrogens is 805 g/mol. The molecule has 0 spiro atoms. The van der Waals surface area contributed by atoms with Gasteiger partial charge >= 0.3 is 0 Å². The van der Waals surface area contributed by atoms with Crippen LogP contribution in [-0.4, -0.2) is 19.5 Å². The van der Waals surface area contributed by atoms with Crippen molar-refractivity contribution in [2.24, 2.45) is 0 Å². The number of rotatable bonds is 6. The molecule has 0 bridgehead atoms. The fraction of sp³-hybridized carbons (Fsp3) is 0. The predicted molar refractivity (Wildman–Crippen MR) is 267 cm³/mol. The fourth-order valence-corrected chi connectivity index (χ4v) is 11.6. The van der Waals surface area contributed by atoms with Gasteiger partial charge in [0.15, 0.2) is 17.5 Å². The lowest BCUT2D eigenvalue weighted by molar-refractivity contribution is 1.07. The Hall–Kier alpha value is -7.77. The summed E-state index contributed by atoms with van der Waals surface area (Å²) in [5, 5.41) is 7.45. The third-order valence-corrected chi connectivity index (χ3v) is 14.5. The highest BCUT2D eigenvalue weighted by atomic mass is 32.1. The molecule has 0 atom stereocenters. The van der Waals surface area contributed by atoms with E-state index in [9.17, 15) is 0 Å². The molecule has 0 aliphatic rings. The number of aromatic nitrogens is 4. The lowest BCUT2D eigenvalue weighted by Crippen LogP contribution is -2.04. The molecule has 0 radical (unpaired) electrons. The molecule has 0 aliphatic heterocycles. The summed E-state index contributed by atoms with van der Waals surface area (Å²) in [6.07, 6.45) is 0. The van der Waals surface area contributed by atoms with E-state index in [4.69, 9.17) is 15.0 Å². The Morgan fingerprint density at radius 2 is 0.667 bits per heavy atom. The number of para-hydroxylation sites is 2. The van der Waals surface area contributed by atoms with Gasteiger partial charge in [0.05, 0.1) is 16.7 Å². The summed E-state index contributed by atoms with van der Waals surface area (Å²) in [6, 6.07) is 74.0. The van der Waals surface area contributed by atoms with E-state index in [-0.39, 0.29) is 0 Å². The van der Waals surface area contributed by atoms with Crippen molar-refractivity contribution in [3.8, 4) is 62.1 Å². The summed E-state index contributed by atoms with van der Waals surface area (Å²) >= 11 is 3.61. The van der Waals surface area contributed by atoms with E-state index in [1.54, 1.807) is 22.7 Å². The van der Waals surface area contributed by atoms with Crippen molar-refractivity contribution >= 4 is 84.8 Å². The fourth-order valence-electron chi connectivity index (χ4n) is 9.34. The Balaban J connectivity index is 1.10. The molecule has 13 rings (SSSR count). The highest BCUT2D eigenvalue weighted by Gasteiger charge is 2.23. The summed E-state index contributed by atoms with van der Waals surface area (Å²) in [5.41, 5.74) is 10.6. The number of hydrogen-bond acceptors (Lipinski definition) is 5. The number of nitrogens with zero attached hydrogens (tertiary/aromatic N) is 4. The van der Waals surface area contributed by atoms with Gasteiger partial charge in [-0.2, -0.15) is 0 Å². The predicted octanol–water partition coefficient (Wildman–Crippen LogP) is 16.0. The second-order valence-corrected chi connectivity index (χ2v) is 18.1. The lowest BCUT2D eigenvalue weighted by atomic mass is 9.92. The zero-order valence-electron chi connectivity index (χ0n) is 33.7. The first-order valence-corrected chi connectivity index (χ1v) is 22.7. The number of benzene rings is 9. The molecule has 4 aromatic heterocycles. The van der Waals surface area contributed by atoms with Gasteiger partial charge in [0.25, 0.3) is 0 Å². The molecule has 0 fully saturated rings. The molecule has 13 aromatic rings. The molecule has 0 amide bonds. The first-order chi connectivity index (χ1) is 31.2. The minimum absolute atomic E-state index is 0.617. The van der Waals surface area contributed by atoms with Gasteiger partial charge in [0.1, 0.15) is 0 Å². The molecule has 9 aromatic carbocycles. The molecule has 4 nitrogen and oxygen atoms in total. The molecule has 6 heteroatoms. The molecule has 0 saturated carbocycles. The van der Waals surface area contributed by atoms with E-state index in [1.165, 1.54) is 51.1 Å². The van der Waals surface area contributed by atoms with Crippen LogP contribution in [0.1, 0.15) is 0 Å². The zero-order chi connectivity index (χ0) is 41.4. The van der Waals surface area contributed by atoms with Crippen molar-refractivity contribution in [1.82, 2.24) is 19.5 Å². The van der Waals surface area contributed by atoms with Crippen molar-refractivity contribution in [3.05, 3.63) is 206 Å². The van der Waals surface area contributed by atoms with Crippen LogP contribution in [0.15, 0.2) is 206 Å². The van der Waals surface area contributed by atoms with Crippen LogP contribution in [-0.2, 0) is 0 Å². The second kappa shape index (κ2) is 14.4. The maximum Gasteiger partial charge on any atom is 0.164 e. The minimum Gasteiger partial charge on any atom is -0.308 e. The molecule has 63 heavy (non-hydrogen) atoms. The van der Waals surface area contributed by atoms with Gasteiger partial charge < -0.3 is 4.57 Å². The largest absolute Gasteiger partial charge is 0.308 e. The first-order valence-electron chi connectivity index (χ1n) is 21.1. The summed E-state index contributed by atoms with van der Waals surface area (Å²) in [7, 11) is 0. The summed E-state index contributed by atoms with van der Waals surface area (Å²) in [5.74, 6) is 1.89. The van der Waals surface area contributed by atoms with Crippen LogP contribution >= 0.6 is 22.7 Å². The lowest BCUT2D eigenvalue weighted by Gasteiger charge is -2.21. The zero-order valence-corrected chi connectivity index (χ0v) is 35.4.